The van der Waals surface area contributed by atoms with Crippen molar-refractivity contribution in [2.75, 3.05) is 7.11 Å². The topological polar surface area (TPSA) is 55.8 Å². The predicted octanol–water partition coefficient (Wildman–Crippen LogP) is 3.80. The summed E-state index contributed by atoms with van der Waals surface area (Å²) in [5.41, 5.74) is 0.0926. The quantitative estimate of drug-likeness (QED) is 0.897. The molecule has 2 rings (SSSR count). The molecular formula is C13H11BrO4S. The fraction of sp³-hybridized carbons (Fsp3) is 0.154. The maximum atomic E-state index is 11.2. The molecule has 6 heteroatoms. The summed E-state index contributed by atoms with van der Waals surface area (Å²) in [5, 5.41) is 11.1. The third-order valence-electron chi connectivity index (χ3n) is 2.41. The van der Waals surface area contributed by atoms with Gasteiger partial charge in [0, 0.05) is 14.7 Å². The number of ether oxygens (including phenoxy) is 2. The third-order valence-corrected chi connectivity index (χ3v) is 4.08. The summed E-state index contributed by atoms with van der Waals surface area (Å²) in [7, 11) is 1.48. The predicted molar refractivity (Wildman–Crippen MR) is 76.3 cm³/mol. The van der Waals surface area contributed by atoms with Crippen LogP contribution >= 0.6 is 27.3 Å². The standard InChI is InChI=1S/C13H11BrO4S/c1-17-11-4-2-3-10(13(15)16)12(11)18-6-9-5-8(14)7-19-9/h2-5,7H,6H2,1H3,(H,15,16). The number of halogens is 1. The Labute approximate surface area is 122 Å². The van der Waals surface area contributed by atoms with Crippen molar-refractivity contribution in [1.29, 1.82) is 0 Å². The normalized spacial score (nSPS) is 10.2. The highest BCUT2D eigenvalue weighted by molar-refractivity contribution is 9.10. The van der Waals surface area contributed by atoms with Gasteiger partial charge >= 0.3 is 5.97 Å². The molecule has 0 bridgehead atoms. The number of carboxylic acid groups (broad SMARTS) is 1. The highest BCUT2D eigenvalue weighted by Gasteiger charge is 2.16. The zero-order valence-electron chi connectivity index (χ0n) is 10.1. The molecule has 0 saturated carbocycles. The van der Waals surface area contributed by atoms with E-state index in [1.54, 1.807) is 12.1 Å². The van der Waals surface area contributed by atoms with Crippen LogP contribution in [0.5, 0.6) is 11.5 Å². The Bertz CT molecular complexity index is 594. The van der Waals surface area contributed by atoms with Gasteiger partial charge in [0.05, 0.1) is 7.11 Å². The van der Waals surface area contributed by atoms with Crippen molar-refractivity contribution in [2.45, 2.75) is 6.61 Å². The highest BCUT2D eigenvalue weighted by atomic mass is 79.9. The monoisotopic (exact) mass is 342 g/mol. The summed E-state index contributed by atoms with van der Waals surface area (Å²) in [6.45, 7) is 0.302. The summed E-state index contributed by atoms with van der Waals surface area (Å²) >= 11 is 4.90. The van der Waals surface area contributed by atoms with Gasteiger partial charge in [0.15, 0.2) is 11.5 Å². The molecule has 0 saturated heterocycles. The van der Waals surface area contributed by atoms with Gasteiger partial charge in [-0.1, -0.05) is 6.07 Å². The van der Waals surface area contributed by atoms with Crippen molar-refractivity contribution in [3.8, 4) is 11.5 Å². The molecular weight excluding hydrogens is 332 g/mol. The molecule has 0 aliphatic heterocycles. The molecule has 4 nitrogen and oxygen atoms in total. The van der Waals surface area contributed by atoms with Crippen molar-refractivity contribution < 1.29 is 19.4 Å². The maximum absolute atomic E-state index is 11.2. The zero-order valence-corrected chi connectivity index (χ0v) is 12.5. The van der Waals surface area contributed by atoms with E-state index in [4.69, 9.17) is 14.6 Å². The minimum atomic E-state index is -1.04. The second-order valence-corrected chi connectivity index (χ2v) is 5.57. The van der Waals surface area contributed by atoms with E-state index in [2.05, 4.69) is 15.9 Å². The number of para-hydroxylation sites is 1. The number of carboxylic acids is 1. The Balaban J connectivity index is 2.25. The lowest BCUT2D eigenvalue weighted by atomic mass is 10.2. The molecule has 19 heavy (non-hydrogen) atoms. The Morgan fingerprint density at radius 1 is 1.47 bits per heavy atom. The van der Waals surface area contributed by atoms with Gasteiger partial charge in [-0.05, 0) is 34.1 Å². The molecule has 0 radical (unpaired) electrons. The summed E-state index contributed by atoms with van der Waals surface area (Å²) in [4.78, 5) is 12.2. The van der Waals surface area contributed by atoms with E-state index < -0.39 is 5.97 Å². The Morgan fingerprint density at radius 2 is 2.26 bits per heavy atom. The molecule has 0 spiro atoms. The van der Waals surface area contributed by atoms with Crippen LogP contribution in [0.2, 0.25) is 0 Å². The first kappa shape index (κ1) is 13.9. The molecule has 0 aliphatic carbocycles. The first-order valence-electron chi connectivity index (χ1n) is 5.38. The van der Waals surface area contributed by atoms with Crippen LogP contribution in [0.15, 0.2) is 34.1 Å². The molecule has 1 aromatic carbocycles. The minimum absolute atomic E-state index is 0.0926. The zero-order chi connectivity index (χ0) is 13.8. The lowest BCUT2D eigenvalue weighted by Gasteiger charge is -2.12. The summed E-state index contributed by atoms with van der Waals surface area (Å²) < 4.78 is 11.7. The van der Waals surface area contributed by atoms with E-state index >= 15 is 0 Å². The Hall–Kier alpha value is -1.53. The van der Waals surface area contributed by atoms with E-state index in [9.17, 15) is 4.79 Å². The molecule has 100 valence electrons. The summed E-state index contributed by atoms with van der Waals surface area (Å²) in [6, 6.07) is 6.72. The van der Waals surface area contributed by atoms with Crippen LogP contribution in [-0.2, 0) is 6.61 Å². The first-order chi connectivity index (χ1) is 9.11. The summed E-state index contributed by atoms with van der Waals surface area (Å²) in [6.07, 6.45) is 0. The number of carbonyl (C=O) groups is 1. The SMILES string of the molecule is COc1cccc(C(=O)O)c1OCc1cc(Br)cs1. The first-order valence-corrected chi connectivity index (χ1v) is 7.05. The van der Waals surface area contributed by atoms with Gasteiger partial charge in [-0.2, -0.15) is 0 Å². The summed E-state index contributed by atoms with van der Waals surface area (Å²) in [5.74, 6) is -0.376. The van der Waals surface area contributed by atoms with Crippen molar-refractivity contribution in [3.63, 3.8) is 0 Å². The van der Waals surface area contributed by atoms with Crippen molar-refractivity contribution >= 4 is 33.2 Å². The second kappa shape index (κ2) is 6.08. The van der Waals surface area contributed by atoms with Gasteiger partial charge in [0.1, 0.15) is 12.2 Å². The van der Waals surface area contributed by atoms with Crippen LogP contribution in [0.4, 0.5) is 0 Å². The van der Waals surface area contributed by atoms with E-state index in [0.29, 0.717) is 12.4 Å². The van der Waals surface area contributed by atoms with E-state index in [-0.39, 0.29) is 11.3 Å². The van der Waals surface area contributed by atoms with Gasteiger partial charge in [-0.25, -0.2) is 4.79 Å². The highest BCUT2D eigenvalue weighted by Crippen LogP contribution is 2.32. The Kier molecular flexibility index (Phi) is 4.44. The van der Waals surface area contributed by atoms with Crippen molar-refractivity contribution in [1.82, 2.24) is 0 Å². The number of aromatic carboxylic acids is 1. The molecule has 0 atom stereocenters. The van der Waals surface area contributed by atoms with Crippen molar-refractivity contribution in [3.05, 3.63) is 44.6 Å². The number of hydrogen-bond donors (Lipinski definition) is 1. The fourth-order valence-electron chi connectivity index (χ4n) is 1.57. The maximum Gasteiger partial charge on any atom is 0.339 e. The molecule has 0 aliphatic rings. The number of rotatable bonds is 5. The van der Waals surface area contributed by atoms with Crippen LogP contribution < -0.4 is 9.47 Å². The van der Waals surface area contributed by atoms with Gasteiger partial charge in [0.2, 0.25) is 0 Å². The van der Waals surface area contributed by atoms with Crippen LogP contribution in [-0.4, -0.2) is 18.2 Å². The Morgan fingerprint density at radius 3 is 2.84 bits per heavy atom. The van der Waals surface area contributed by atoms with Crippen LogP contribution in [0.3, 0.4) is 0 Å². The third kappa shape index (κ3) is 3.27. The van der Waals surface area contributed by atoms with E-state index in [0.717, 1.165) is 9.35 Å². The number of hydrogen-bond acceptors (Lipinski definition) is 4. The second-order valence-electron chi connectivity index (χ2n) is 3.66. The van der Waals surface area contributed by atoms with Gasteiger partial charge in [-0.15, -0.1) is 11.3 Å². The molecule has 1 N–H and O–H groups in total. The molecule has 1 aromatic heterocycles. The van der Waals surface area contributed by atoms with Gasteiger partial charge in [0.25, 0.3) is 0 Å². The number of thiophene rings is 1. The molecule has 0 unspecified atom stereocenters. The molecule has 0 fully saturated rings. The average molecular weight is 343 g/mol. The largest absolute Gasteiger partial charge is 0.493 e. The van der Waals surface area contributed by atoms with Crippen molar-refractivity contribution in [2.24, 2.45) is 0 Å². The van der Waals surface area contributed by atoms with Crippen LogP contribution in [0, 0.1) is 0 Å². The van der Waals surface area contributed by atoms with Gasteiger partial charge in [-0.3, -0.25) is 0 Å². The number of methoxy groups -OCH3 is 1. The van der Waals surface area contributed by atoms with Crippen LogP contribution in [0.25, 0.3) is 0 Å². The van der Waals surface area contributed by atoms with E-state index in [1.807, 2.05) is 11.4 Å². The van der Waals surface area contributed by atoms with E-state index in [1.165, 1.54) is 24.5 Å². The minimum Gasteiger partial charge on any atom is -0.493 e. The van der Waals surface area contributed by atoms with Gasteiger partial charge < -0.3 is 14.6 Å². The average Bonchev–Trinajstić information content (AvgIpc) is 2.81. The molecule has 1 heterocycles. The molecule has 2 aromatic rings. The smallest absolute Gasteiger partial charge is 0.339 e. The fourth-order valence-corrected chi connectivity index (χ4v) is 2.93. The van der Waals surface area contributed by atoms with Crippen LogP contribution in [0.1, 0.15) is 15.2 Å². The lowest BCUT2D eigenvalue weighted by molar-refractivity contribution is 0.0691. The molecule has 0 amide bonds. The number of benzene rings is 1. The lowest BCUT2D eigenvalue weighted by Crippen LogP contribution is -2.04.